The van der Waals surface area contributed by atoms with Crippen molar-refractivity contribution in [3.63, 3.8) is 0 Å². The zero-order chi connectivity index (χ0) is 24.6. The first-order chi connectivity index (χ1) is 16.8. The molecule has 2 fully saturated rings. The van der Waals surface area contributed by atoms with Crippen LogP contribution in [0.25, 0.3) is 0 Å². The summed E-state index contributed by atoms with van der Waals surface area (Å²) >= 11 is 0. The van der Waals surface area contributed by atoms with Crippen LogP contribution in [0.15, 0.2) is 53.4 Å². The maximum Gasteiger partial charge on any atom is 0.243 e. The molecule has 1 aliphatic carbocycles. The van der Waals surface area contributed by atoms with E-state index in [0.717, 1.165) is 36.1 Å². The van der Waals surface area contributed by atoms with Gasteiger partial charge in [0.05, 0.1) is 10.8 Å². The van der Waals surface area contributed by atoms with Crippen molar-refractivity contribution in [2.24, 2.45) is 11.8 Å². The average molecular weight is 496 g/mol. The van der Waals surface area contributed by atoms with Crippen LogP contribution in [0.2, 0.25) is 0 Å². The SMILES string of the molecule is C[C@@H]1Cc2cc(S(=O)(=O)N3CCC[C@H](C(=O)NCCc4ccccc4)C3)ccc2N1C(=O)C1CC1. The minimum absolute atomic E-state index is 0.0370. The van der Waals surface area contributed by atoms with Crippen LogP contribution in [0.5, 0.6) is 0 Å². The van der Waals surface area contributed by atoms with Gasteiger partial charge in [0.2, 0.25) is 21.8 Å². The van der Waals surface area contributed by atoms with E-state index in [0.29, 0.717) is 32.4 Å². The molecule has 2 heterocycles. The Morgan fingerprint density at radius 1 is 1.03 bits per heavy atom. The van der Waals surface area contributed by atoms with Crippen LogP contribution in [0, 0.1) is 11.8 Å². The summed E-state index contributed by atoms with van der Waals surface area (Å²) in [6.07, 6.45) is 4.63. The van der Waals surface area contributed by atoms with E-state index >= 15 is 0 Å². The van der Waals surface area contributed by atoms with Gasteiger partial charge in [-0.15, -0.1) is 0 Å². The summed E-state index contributed by atoms with van der Waals surface area (Å²) in [7, 11) is -3.72. The van der Waals surface area contributed by atoms with E-state index in [1.165, 1.54) is 4.31 Å². The normalized spacial score (nSPS) is 22.6. The zero-order valence-electron chi connectivity index (χ0n) is 20.2. The number of carbonyl (C=O) groups excluding carboxylic acids is 2. The number of amides is 2. The lowest BCUT2D eigenvalue weighted by atomic mass is 9.99. The molecule has 0 bridgehead atoms. The topological polar surface area (TPSA) is 86.8 Å². The van der Waals surface area contributed by atoms with Gasteiger partial charge in [-0.1, -0.05) is 30.3 Å². The van der Waals surface area contributed by atoms with Crippen LogP contribution < -0.4 is 10.2 Å². The summed E-state index contributed by atoms with van der Waals surface area (Å²) < 4.78 is 28.4. The number of sulfonamides is 1. The summed E-state index contributed by atoms with van der Waals surface area (Å²) in [4.78, 5) is 27.6. The monoisotopic (exact) mass is 495 g/mol. The highest BCUT2D eigenvalue weighted by Gasteiger charge is 2.40. The van der Waals surface area contributed by atoms with Gasteiger partial charge in [-0.2, -0.15) is 4.31 Å². The van der Waals surface area contributed by atoms with Gasteiger partial charge in [0, 0.05) is 37.3 Å². The maximum atomic E-state index is 13.5. The lowest BCUT2D eigenvalue weighted by molar-refractivity contribution is -0.126. The standard InChI is InChI=1S/C27H33N3O4S/c1-19-16-23-17-24(11-12-25(23)30(19)27(32)21-9-10-21)35(33,34)29-15-5-8-22(18-29)26(31)28-14-13-20-6-3-2-4-7-20/h2-4,6-7,11-12,17,19,21-22H,5,8-10,13-16,18H2,1H3,(H,28,31)/t19-,22+/m1/s1. The molecule has 186 valence electrons. The highest BCUT2D eigenvalue weighted by molar-refractivity contribution is 7.89. The third-order valence-corrected chi connectivity index (χ3v) is 9.24. The summed E-state index contributed by atoms with van der Waals surface area (Å²) in [6, 6.07) is 15.1. The number of anilines is 1. The highest BCUT2D eigenvalue weighted by atomic mass is 32.2. The van der Waals surface area contributed by atoms with Gasteiger partial charge in [-0.3, -0.25) is 9.59 Å². The molecule has 0 radical (unpaired) electrons. The fourth-order valence-electron chi connectivity index (χ4n) is 5.27. The van der Waals surface area contributed by atoms with Crippen molar-refractivity contribution < 1.29 is 18.0 Å². The van der Waals surface area contributed by atoms with Crippen LogP contribution in [0.1, 0.15) is 43.7 Å². The predicted octanol–water partition coefficient (Wildman–Crippen LogP) is 3.13. The molecule has 0 spiro atoms. The number of nitrogens with zero attached hydrogens (tertiary/aromatic N) is 2. The molecule has 0 aromatic heterocycles. The van der Waals surface area contributed by atoms with Crippen molar-refractivity contribution in [3.8, 4) is 0 Å². The predicted molar refractivity (Wildman–Crippen MR) is 134 cm³/mol. The molecular weight excluding hydrogens is 462 g/mol. The summed E-state index contributed by atoms with van der Waals surface area (Å²) in [5.74, 6) is -0.159. The van der Waals surface area contributed by atoms with E-state index in [9.17, 15) is 18.0 Å². The molecule has 3 aliphatic rings. The third-order valence-electron chi connectivity index (χ3n) is 7.38. The molecule has 5 rings (SSSR count). The molecular formula is C27H33N3O4S. The Hall–Kier alpha value is -2.71. The molecule has 2 aromatic rings. The Kier molecular flexibility index (Phi) is 6.68. The number of nitrogens with one attached hydrogen (secondary N) is 1. The van der Waals surface area contributed by atoms with Crippen molar-refractivity contribution in [1.82, 2.24) is 9.62 Å². The van der Waals surface area contributed by atoms with Crippen molar-refractivity contribution in [1.29, 1.82) is 0 Å². The van der Waals surface area contributed by atoms with Gasteiger partial charge >= 0.3 is 0 Å². The van der Waals surface area contributed by atoms with Crippen molar-refractivity contribution >= 4 is 27.5 Å². The number of hydrogen-bond donors (Lipinski definition) is 1. The number of benzene rings is 2. The first kappa shape index (κ1) is 24.0. The zero-order valence-corrected chi connectivity index (χ0v) is 21.0. The Labute approximate surface area is 207 Å². The van der Waals surface area contributed by atoms with Crippen molar-refractivity contribution in [3.05, 3.63) is 59.7 Å². The maximum absolute atomic E-state index is 13.5. The van der Waals surface area contributed by atoms with Crippen molar-refractivity contribution in [2.45, 2.75) is 56.4 Å². The van der Waals surface area contributed by atoms with Gasteiger partial charge in [-0.05, 0) is 74.8 Å². The Bertz CT molecular complexity index is 1210. The van der Waals surface area contributed by atoms with E-state index < -0.39 is 10.0 Å². The van der Waals surface area contributed by atoms with Gasteiger partial charge in [0.1, 0.15) is 0 Å². The largest absolute Gasteiger partial charge is 0.355 e. The Balaban J connectivity index is 1.24. The lowest BCUT2D eigenvalue weighted by Gasteiger charge is -2.31. The van der Waals surface area contributed by atoms with E-state index in [-0.39, 0.29) is 41.1 Å². The number of fused-ring (bicyclic) bond motifs is 1. The fraction of sp³-hybridized carbons (Fsp3) is 0.481. The lowest BCUT2D eigenvalue weighted by Crippen LogP contribution is -2.45. The minimum Gasteiger partial charge on any atom is -0.355 e. The first-order valence-corrected chi connectivity index (χ1v) is 14.1. The van der Waals surface area contributed by atoms with E-state index in [1.54, 1.807) is 18.2 Å². The van der Waals surface area contributed by atoms with E-state index in [1.807, 2.05) is 42.2 Å². The molecule has 8 heteroatoms. The fourth-order valence-corrected chi connectivity index (χ4v) is 6.85. The second kappa shape index (κ2) is 9.74. The Morgan fingerprint density at radius 2 is 1.80 bits per heavy atom. The van der Waals surface area contributed by atoms with Crippen LogP contribution in [0.3, 0.4) is 0 Å². The highest BCUT2D eigenvalue weighted by Crippen LogP contribution is 2.40. The summed E-state index contributed by atoms with van der Waals surface area (Å²) in [5.41, 5.74) is 2.89. The van der Waals surface area contributed by atoms with Crippen molar-refractivity contribution in [2.75, 3.05) is 24.5 Å². The molecule has 2 aliphatic heterocycles. The van der Waals surface area contributed by atoms with Gasteiger partial charge < -0.3 is 10.2 Å². The van der Waals surface area contributed by atoms with Crippen LogP contribution >= 0.6 is 0 Å². The molecule has 2 atom stereocenters. The van der Waals surface area contributed by atoms with E-state index in [2.05, 4.69) is 5.32 Å². The Morgan fingerprint density at radius 3 is 2.54 bits per heavy atom. The molecule has 35 heavy (non-hydrogen) atoms. The van der Waals surface area contributed by atoms with Gasteiger partial charge in [0.25, 0.3) is 0 Å². The number of piperidine rings is 1. The molecule has 2 amide bonds. The molecule has 7 nitrogen and oxygen atoms in total. The van der Waals surface area contributed by atoms with Crippen LogP contribution in [-0.4, -0.2) is 50.2 Å². The molecule has 2 aromatic carbocycles. The third kappa shape index (κ3) is 5.00. The van der Waals surface area contributed by atoms with Crippen LogP contribution in [0.4, 0.5) is 5.69 Å². The number of rotatable bonds is 7. The number of carbonyl (C=O) groups is 2. The van der Waals surface area contributed by atoms with Gasteiger partial charge in [0.15, 0.2) is 0 Å². The first-order valence-electron chi connectivity index (χ1n) is 12.6. The van der Waals surface area contributed by atoms with Crippen LogP contribution in [-0.2, 0) is 32.5 Å². The van der Waals surface area contributed by atoms with E-state index in [4.69, 9.17) is 0 Å². The molecule has 1 saturated heterocycles. The smallest absolute Gasteiger partial charge is 0.243 e. The molecule has 0 unspecified atom stereocenters. The van der Waals surface area contributed by atoms with Gasteiger partial charge in [-0.25, -0.2) is 8.42 Å². The summed E-state index contributed by atoms with van der Waals surface area (Å²) in [5, 5.41) is 2.98. The minimum atomic E-state index is -3.72. The molecule has 1 N–H and O–H groups in total. The average Bonchev–Trinajstić information content (AvgIpc) is 3.66. The second-order valence-electron chi connectivity index (χ2n) is 10.1. The quantitative estimate of drug-likeness (QED) is 0.639. The second-order valence-corrected chi connectivity index (χ2v) is 12.0. The number of hydrogen-bond acceptors (Lipinski definition) is 4. The summed E-state index contributed by atoms with van der Waals surface area (Å²) in [6.45, 7) is 3.15. The molecule has 1 saturated carbocycles.